The summed E-state index contributed by atoms with van der Waals surface area (Å²) in [6.07, 6.45) is 1.37. The molecule has 3 N–H and O–H groups in total. The predicted molar refractivity (Wildman–Crippen MR) is 153 cm³/mol. The maximum atomic E-state index is 14.1. The van der Waals surface area contributed by atoms with Crippen LogP contribution in [0.3, 0.4) is 0 Å². The van der Waals surface area contributed by atoms with E-state index >= 15 is 0 Å². The summed E-state index contributed by atoms with van der Waals surface area (Å²) in [4.78, 5) is 43.6. The Morgan fingerprint density at radius 3 is 2.38 bits per heavy atom. The number of amides is 3. The van der Waals surface area contributed by atoms with Gasteiger partial charge < -0.3 is 25.4 Å². The van der Waals surface area contributed by atoms with Gasteiger partial charge in [-0.25, -0.2) is 0 Å². The van der Waals surface area contributed by atoms with Gasteiger partial charge >= 0.3 is 0 Å². The van der Waals surface area contributed by atoms with E-state index in [-0.39, 0.29) is 24.3 Å². The van der Waals surface area contributed by atoms with Crippen molar-refractivity contribution in [2.45, 2.75) is 69.0 Å². The van der Waals surface area contributed by atoms with Crippen LogP contribution in [0.4, 0.5) is 11.4 Å². The third-order valence-electron chi connectivity index (χ3n) is 8.65. The van der Waals surface area contributed by atoms with Crippen LogP contribution in [0.2, 0.25) is 0 Å². The second-order valence-electron chi connectivity index (χ2n) is 11.2. The Morgan fingerprint density at radius 1 is 1.10 bits per heavy atom. The molecule has 9 heteroatoms. The minimum Gasteiger partial charge on any atom is -0.494 e. The first-order valence-electron chi connectivity index (χ1n) is 13.6. The van der Waals surface area contributed by atoms with Crippen molar-refractivity contribution in [1.82, 2.24) is 4.90 Å². The van der Waals surface area contributed by atoms with E-state index in [1.165, 1.54) is 0 Å². The Labute approximate surface area is 233 Å². The van der Waals surface area contributed by atoms with E-state index in [1.807, 2.05) is 45.9 Å². The molecule has 0 radical (unpaired) electrons. The Morgan fingerprint density at radius 2 is 1.77 bits per heavy atom. The van der Waals surface area contributed by atoms with Crippen LogP contribution >= 0.6 is 11.8 Å². The molecule has 1 spiro atoms. The van der Waals surface area contributed by atoms with Crippen molar-refractivity contribution < 1.29 is 24.2 Å². The van der Waals surface area contributed by atoms with Gasteiger partial charge in [0.05, 0.1) is 35.8 Å². The smallest absolute Gasteiger partial charge is 0.248 e. The number of fused-ring (bicyclic) bond motifs is 1. The third-order valence-corrected chi connectivity index (χ3v) is 10.6. The van der Waals surface area contributed by atoms with Gasteiger partial charge in [-0.05, 0) is 82.9 Å². The molecule has 3 heterocycles. The molecule has 3 amide bonds. The number of hydrogen-bond donors (Lipinski definition) is 3. The van der Waals surface area contributed by atoms with Crippen LogP contribution in [0.15, 0.2) is 42.5 Å². The fourth-order valence-corrected chi connectivity index (χ4v) is 9.19. The van der Waals surface area contributed by atoms with Crippen molar-refractivity contribution in [3.8, 4) is 5.75 Å². The zero-order valence-electron chi connectivity index (χ0n) is 23.1. The molecule has 2 unspecified atom stereocenters. The number of nitrogens with zero attached hydrogens (tertiary/aromatic N) is 1. The normalized spacial score (nSPS) is 29.7. The van der Waals surface area contributed by atoms with Crippen molar-refractivity contribution in [3.63, 3.8) is 0 Å². The summed E-state index contributed by atoms with van der Waals surface area (Å²) in [6.45, 7) is 9.87. The number of carbonyl (C=O) groups is 3. The lowest BCUT2D eigenvalue weighted by molar-refractivity contribution is -0.141. The van der Waals surface area contributed by atoms with E-state index in [0.717, 1.165) is 23.2 Å². The average Bonchev–Trinajstić information content (AvgIpc) is 3.47. The molecule has 0 saturated carbocycles. The lowest BCUT2D eigenvalue weighted by Crippen LogP contribution is -2.54. The van der Waals surface area contributed by atoms with Gasteiger partial charge in [0, 0.05) is 16.1 Å². The largest absolute Gasteiger partial charge is 0.494 e. The van der Waals surface area contributed by atoms with Crippen molar-refractivity contribution in [2.75, 3.05) is 23.8 Å². The number of aliphatic hydroxyl groups is 1. The number of rotatable bonds is 8. The Balaban J connectivity index is 1.49. The number of benzene rings is 2. The van der Waals surface area contributed by atoms with E-state index in [4.69, 9.17) is 4.74 Å². The summed E-state index contributed by atoms with van der Waals surface area (Å²) in [6, 6.07) is 11.6. The van der Waals surface area contributed by atoms with Crippen LogP contribution in [-0.4, -0.2) is 62.5 Å². The fourth-order valence-electron chi connectivity index (χ4n) is 6.85. The molecule has 0 aromatic heterocycles. The van der Waals surface area contributed by atoms with E-state index in [9.17, 15) is 19.5 Å². The van der Waals surface area contributed by atoms with Crippen molar-refractivity contribution in [1.29, 1.82) is 0 Å². The van der Waals surface area contributed by atoms with Gasteiger partial charge in [0.15, 0.2) is 0 Å². The van der Waals surface area contributed by atoms with Gasteiger partial charge in [-0.1, -0.05) is 18.2 Å². The molecule has 3 aliphatic rings. The third kappa shape index (κ3) is 4.39. The zero-order chi connectivity index (χ0) is 28.1. The molecule has 3 fully saturated rings. The number of anilines is 2. The standard InChI is InChI=1S/C30H37N3O5S/c1-6-38-21-12-10-20(11-13-21)31-26(35)22-23-28(37)33(19(4)16-34)25(30(23)15-14-29(22,5)39-30)27(36)32-24-17(2)8-7-9-18(24)3/h7-13,19,22-23,25,34H,6,14-16H2,1-5H3,(H,31,35)(H,32,36)/t19-,22-,23+,25?,29+,30?/m1/s1. The number of para-hydroxylation sites is 1. The van der Waals surface area contributed by atoms with E-state index in [1.54, 1.807) is 47.9 Å². The SMILES string of the molecule is CCOc1ccc(NC(=O)[C@H]2[C@H]3C(=O)N([C@H](C)CO)C(C(=O)Nc4c(C)cccc4C)C34CC[C@]2(C)S4)cc1. The summed E-state index contributed by atoms with van der Waals surface area (Å²) in [5, 5.41) is 16.2. The molecule has 0 aliphatic carbocycles. The van der Waals surface area contributed by atoms with Gasteiger partial charge in [-0.15, -0.1) is 11.8 Å². The number of hydrogen-bond acceptors (Lipinski definition) is 6. The summed E-state index contributed by atoms with van der Waals surface area (Å²) in [5.74, 6) is -1.28. The number of thioether (sulfide) groups is 1. The molecule has 3 saturated heterocycles. The van der Waals surface area contributed by atoms with Crippen LogP contribution in [-0.2, 0) is 14.4 Å². The monoisotopic (exact) mass is 551 g/mol. The maximum absolute atomic E-state index is 14.1. The minimum absolute atomic E-state index is 0.221. The zero-order valence-corrected chi connectivity index (χ0v) is 23.9. The highest BCUT2D eigenvalue weighted by atomic mass is 32.2. The lowest BCUT2D eigenvalue weighted by Gasteiger charge is -2.36. The topological polar surface area (TPSA) is 108 Å². The maximum Gasteiger partial charge on any atom is 0.248 e. The van der Waals surface area contributed by atoms with E-state index < -0.39 is 33.4 Å². The number of aryl methyl sites for hydroxylation is 2. The van der Waals surface area contributed by atoms with Gasteiger partial charge in [0.2, 0.25) is 17.7 Å². The molecular formula is C30H37N3O5S. The quantitative estimate of drug-likeness (QED) is 0.455. The number of nitrogens with one attached hydrogen (secondary N) is 2. The molecule has 3 aliphatic heterocycles. The molecule has 39 heavy (non-hydrogen) atoms. The Bertz CT molecular complexity index is 1280. The van der Waals surface area contributed by atoms with Gasteiger partial charge in [-0.3, -0.25) is 14.4 Å². The molecule has 8 nitrogen and oxygen atoms in total. The first kappa shape index (κ1) is 27.5. The summed E-state index contributed by atoms with van der Waals surface area (Å²) >= 11 is 1.61. The van der Waals surface area contributed by atoms with Crippen LogP contribution < -0.4 is 15.4 Å². The second kappa shape index (κ2) is 10.2. The molecule has 5 rings (SSSR count). The van der Waals surface area contributed by atoms with Crippen molar-refractivity contribution in [2.24, 2.45) is 11.8 Å². The van der Waals surface area contributed by atoms with Crippen LogP contribution in [0, 0.1) is 25.7 Å². The summed E-state index contributed by atoms with van der Waals surface area (Å²) < 4.78 is 4.27. The van der Waals surface area contributed by atoms with Crippen LogP contribution in [0.1, 0.15) is 44.7 Å². The van der Waals surface area contributed by atoms with Gasteiger partial charge in [0.1, 0.15) is 11.8 Å². The number of likely N-dealkylation sites (tertiary alicyclic amines) is 1. The Kier molecular flexibility index (Phi) is 7.18. The molecule has 2 aromatic rings. The predicted octanol–water partition coefficient (Wildman–Crippen LogP) is 4.14. The molecule has 2 bridgehead atoms. The van der Waals surface area contributed by atoms with E-state index in [2.05, 4.69) is 10.6 Å². The highest BCUT2D eigenvalue weighted by Crippen LogP contribution is 2.71. The molecule has 6 atom stereocenters. The molecule has 208 valence electrons. The number of aliphatic hydroxyl groups excluding tert-OH is 1. The highest BCUT2D eigenvalue weighted by Gasteiger charge is 2.77. The van der Waals surface area contributed by atoms with Gasteiger partial charge in [0.25, 0.3) is 0 Å². The van der Waals surface area contributed by atoms with Crippen LogP contribution in [0.25, 0.3) is 0 Å². The highest BCUT2D eigenvalue weighted by molar-refractivity contribution is 8.02. The van der Waals surface area contributed by atoms with Crippen molar-refractivity contribution in [3.05, 3.63) is 53.6 Å². The average molecular weight is 552 g/mol. The lowest BCUT2D eigenvalue weighted by atomic mass is 9.66. The number of ether oxygens (including phenoxy) is 1. The minimum atomic E-state index is -0.800. The Hall–Kier alpha value is -3.04. The first-order valence-corrected chi connectivity index (χ1v) is 14.4. The van der Waals surface area contributed by atoms with Gasteiger partial charge in [-0.2, -0.15) is 0 Å². The first-order chi connectivity index (χ1) is 18.6. The van der Waals surface area contributed by atoms with Crippen molar-refractivity contribution >= 4 is 40.9 Å². The fraction of sp³-hybridized carbons (Fsp3) is 0.500. The molecule has 2 aromatic carbocycles. The molecular weight excluding hydrogens is 514 g/mol. The second-order valence-corrected chi connectivity index (χ2v) is 13.1. The number of carbonyl (C=O) groups excluding carboxylic acids is 3. The van der Waals surface area contributed by atoms with E-state index in [0.29, 0.717) is 24.5 Å². The van der Waals surface area contributed by atoms with Crippen LogP contribution in [0.5, 0.6) is 5.75 Å². The summed E-state index contributed by atoms with van der Waals surface area (Å²) in [7, 11) is 0. The summed E-state index contributed by atoms with van der Waals surface area (Å²) in [5.41, 5.74) is 3.24.